The molecule has 1 fully saturated rings. The van der Waals surface area contributed by atoms with Gasteiger partial charge in [0.15, 0.2) is 0 Å². The molecule has 0 spiro atoms. The van der Waals surface area contributed by atoms with Gasteiger partial charge >= 0.3 is 0 Å². The molecule has 104 valence electrons. The number of aromatic nitrogens is 4. The maximum absolute atomic E-state index is 12.1. The van der Waals surface area contributed by atoms with Crippen LogP contribution in [-0.4, -0.2) is 38.7 Å². The van der Waals surface area contributed by atoms with Gasteiger partial charge in [0.05, 0.1) is 11.7 Å². The van der Waals surface area contributed by atoms with E-state index in [1.165, 1.54) is 6.33 Å². The SMILES string of the molecule is Cc1ccc(NC(=O)[C@@H]2CCCN2)cc1-n1cnnn1. The summed E-state index contributed by atoms with van der Waals surface area (Å²) in [5, 5.41) is 17.2. The second kappa shape index (κ2) is 5.38. The van der Waals surface area contributed by atoms with E-state index in [0.717, 1.165) is 36.3 Å². The number of amides is 1. The molecule has 1 aliphatic rings. The van der Waals surface area contributed by atoms with Crippen molar-refractivity contribution in [3.63, 3.8) is 0 Å². The Kier molecular flexibility index (Phi) is 3.42. The number of anilines is 1. The van der Waals surface area contributed by atoms with Crippen molar-refractivity contribution in [3.8, 4) is 5.69 Å². The molecule has 2 aromatic rings. The largest absolute Gasteiger partial charge is 0.325 e. The second-order valence-electron chi connectivity index (χ2n) is 4.89. The first-order chi connectivity index (χ1) is 9.74. The number of nitrogens with zero attached hydrogens (tertiary/aromatic N) is 4. The fourth-order valence-corrected chi connectivity index (χ4v) is 2.34. The van der Waals surface area contributed by atoms with E-state index in [2.05, 4.69) is 26.2 Å². The van der Waals surface area contributed by atoms with Gasteiger partial charge in [-0.2, -0.15) is 0 Å². The molecule has 7 heteroatoms. The number of benzene rings is 1. The van der Waals surface area contributed by atoms with E-state index >= 15 is 0 Å². The lowest BCUT2D eigenvalue weighted by atomic mass is 10.1. The third-order valence-corrected chi connectivity index (χ3v) is 3.45. The summed E-state index contributed by atoms with van der Waals surface area (Å²) in [6.45, 7) is 2.88. The maximum atomic E-state index is 12.1. The molecule has 1 aromatic heterocycles. The third kappa shape index (κ3) is 2.53. The predicted molar refractivity (Wildman–Crippen MR) is 73.5 cm³/mol. The highest BCUT2D eigenvalue weighted by atomic mass is 16.2. The fraction of sp³-hybridized carbons (Fsp3) is 0.385. The fourth-order valence-electron chi connectivity index (χ4n) is 2.34. The van der Waals surface area contributed by atoms with Crippen LogP contribution in [0.1, 0.15) is 18.4 Å². The Morgan fingerprint density at radius 2 is 2.40 bits per heavy atom. The number of rotatable bonds is 3. The minimum Gasteiger partial charge on any atom is -0.325 e. The van der Waals surface area contributed by atoms with Gasteiger partial charge in [-0.05, 0) is 54.4 Å². The Bertz CT molecular complexity index is 603. The summed E-state index contributed by atoms with van der Waals surface area (Å²) in [6, 6.07) is 5.61. The molecule has 0 radical (unpaired) electrons. The van der Waals surface area contributed by atoms with E-state index in [-0.39, 0.29) is 11.9 Å². The van der Waals surface area contributed by atoms with Gasteiger partial charge in [-0.3, -0.25) is 4.79 Å². The lowest BCUT2D eigenvalue weighted by Gasteiger charge is -2.13. The first-order valence-electron chi connectivity index (χ1n) is 6.62. The quantitative estimate of drug-likeness (QED) is 0.857. The average Bonchev–Trinajstić information content (AvgIpc) is 3.14. The monoisotopic (exact) mass is 272 g/mol. The number of carbonyl (C=O) groups excluding carboxylic acids is 1. The van der Waals surface area contributed by atoms with E-state index in [9.17, 15) is 4.79 Å². The second-order valence-corrected chi connectivity index (χ2v) is 4.89. The molecule has 2 heterocycles. The lowest BCUT2D eigenvalue weighted by molar-refractivity contribution is -0.117. The van der Waals surface area contributed by atoms with Crippen molar-refractivity contribution in [1.29, 1.82) is 0 Å². The molecular formula is C13H16N6O. The van der Waals surface area contributed by atoms with Crippen LogP contribution in [0.3, 0.4) is 0 Å². The molecule has 1 atom stereocenters. The topological polar surface area (TPSA) is 84.7 Å². The van der Waals surface area contributed by atoms with Crippen LogP contribution in [-0.2, 0) is 4.79 Å². The van der Waals surface area contributed by atoms with Gasteiger partial charge in [0.1, 0.15) is 6.33 Å². The summed E-state index contributed by atoms with van der Waals surface area (Å²) >= 11 is 0. The van der Waals surface area contributed by atoms with E-state index in [0.29, 0.717) is 0 Å². The zero-order chi connectivity index (χ0) is 13.9. The number of carbonyl (C=O) groups is 1. The third-order valence-electron chi connectivity index (χ3n) is 3.45. The normalized spacial score (nSPS) is 18.1. The summed E-state index contributed by atoms with van der Waals surface area (Å²) in [4.78, 5) is 12.1. The smallest absolute Gasteiger partial charge is 0.241 e. The highest BCUT2D eigenvalue weighted by Crippen LogP contribution is 2.19. The first-order valence-corrected chi connectivity index (χ1v) is 6.62. The molecule has 1 aliphatic heterocycles. The number of aryl methyl sites for hydroxylation is 1. The van der Waals surface area contributed by atoms with Crippen molar-refractivity contribution in [2.45, 2.75) is 25.8 Å². The summed E-state index contributed by atoms with van der Waals surface area (Å²) in [6.07, 6.45) is 3.46. The standard InChI is InChI=1S/C13H16N6O/c1-9-4-5-10(7-12(9)19-8-15-17-18-19)16-13(20)11-3-2-6-14-11/h4-5,7-8,11,14H,2-3,6H2,1H3,(H,16,20)/t11-/m0/s1. The lowest BCUT2D eigenvalue weighted by Crippen LogP contribution is -2.35. The number of nitrogens with one attached hydrogen (secondary N) is 2. The van der Waals surface area contributed by atoms with Crippen LogP contribution in [0.4, 0.5) is 5.69 Å². The Morgan fingerprint density at radius 1 is 1.50 bits per heavy atom. The summed E-state index contributed by atoms with van der Waals surface area (Å²) in [7, 11) is 0. The van der Waals surface area contributed by atoms with Gasteiger partial charge in [0, 0.05) is 5.69 Å². The van der Waals surface area contributed by atoms with E-state index in [1.54, 1.807) is 4.68 Å². The molecule has 1 amide bonds. The zero-order valence-corrected chi connectivity index (χ0v) is 11.2. The van der Waals surface area contributed by atoms with Gasteiger partial charge in [-0.25, -0.2) is 4.68 Å². The number of hydrogen-bond acceptors (Lipinski definition) is 5. The molecule has 2 N–H and O–H groups in total. The van der Waals surface area contributed by atoms with Gasteiger partial charge in [0.25, 0.3) is 0 Å². The van der Waals surface area contributed by atoms with Crippen molar-refractivity contribution in [1.82, 2.24) is 25.5 Å². The molecule has 0 bridgehead atoms. The average molecular weight is 272 g/mol. The Hall–Kier alpha value is -2.28. The van der Waals surface area contributed by atoms with Crippen LogP contribution >= 0.6 is 0 Å². The molecule has 0 aliphatic carbocycles. The number of hydrogen-bond donors (Lipinski definition) is 2. The Balaban J connectivity index is 1.80. The molecule has 3 rings (SSSR count). The van der Waals surface area contributed by atoms with Gasteiger partial charge in [-0.1, -0.05) is 6.07 Å². The van der Waals surface area contributed by atoms with Crippen molar-refractivity contribution >= 4 is 11.6 Å². The van der Waals surface area contributed by atoms with Crippen LogP contribution in [0.5, 0.6) is 0 Å². The van der Waals surface area contributed by atoms with Gasteiger partial charge < -0.3 is 10.6 Å². The number of tetrazole rings is 1. The molecule has 0 saturated carbocycles. The minimum atomic E-state index is -0.0900. The highest BCUT2D eigenvalue weighted by Gasteiger charge is 2.22. The predicted octanol–water partition coefficient (Wildman–Crippen LogP) is 0.661. The van der Waals surface area contributed by atoms with Crippen molar-refractivity contribution in [2.24, 2.45) is 0 Å². The summed E-state index contributed by atoms with van der Waals surface area (Å²) in [5.41, 5.74) is 2.64. The zero-order valence-electron chi connectivity index (χ0n) is 11.2. The van der Waals surface area contributed by atoms with Gasteiger partial charge in [0.2, 0.25) is 5.91 Å². The summed E-state index contributed by atoms with van der Waals surface area (Å²) < 4.78 is 1.58. The molecule has 0 unspecified atom stereocenters. The molecular weight excluding hydrogens is 256 g/mol. The van der Waals surface area contributed by atoms with Crippen LogP contribution in [0, 0.1) is 6.92 Å². The van der Waals surface area contributed by atoms with Crippen molar-refractivity contribution < 1.29 is 4.79 Å². The van der Waals surface area contributed by atoms with Gasteiger partial charge in [-0.15, -0.1) is 5.10 Å². The van der Waals surface area contributed by atoms with Crippen LogP contribution in [0.2, 0.25) is 0 Å². The first kappa shape index (κ1) is 12.7. The molecule has 7 nitrogen and oxygen atoms in total. The Labute approximate surface area is 116 Å². The minimum absolute atomic E-state index is 0.00835. The molecule has 20 heavy (non-hydrogen) atoms. The van der Waals surface area contributed by atoms with E-state index in [4.69, 9.17) is 0 Å². The Morgan fingerprint density at radius 3 is 3.10 bits per heavy atom. The van der Waals surface area contributed by atoms with E-state index in [1.807, 2.05) is 25.1 Å². The van der Waals surface area contributed by atoms with Crippen LogP contribution < -0.4 is 10.6 Å². The van der Waals surface area contributed by atoms with Crippen molar-refractivity contribution in [2.75, 3.05) is 11.9 Å². The van der Waals surface area contributed by atoms with Crippen LogP contribution in [0.25, 0.3) is 5.69 Å². The van der Waals surface area contributed by atoms with E-state index < -0.39 is 0 Å². The maximum Gasteiger partial charge on any atom is 0.241 e. The molecule has 1 saturated heterocycles. The summed E-state index contributed by atoms with van der Waals surface area (Å²) in [5.74, 6) is 0.00835. The highest BCUT2D eigenvalue weighted by molar-refractivity contribution is 5.95. The van der Waals surface area contributed by atoms with Crippen LogP contribution in [0.15, 0.2) is 24.5 Å². The van der Waals surface area contributed by atoms with Crippen molar-refractivity contribution in [3.05, 3.63) is 30.1 Å². The molecule has 1 aromatic carbocycles.